The van der Waals surface area contributed by atoms with Crippen LogP contribution in [0.2, 0.25) is 0 Å². The Balaban J connectivity index is 1.75. The summed E-state index contributed by atoms with van der Waals surface area (Å²) in [5.74, 6) is 0. The minimum atomic E-state index is -1.49. The fraction of sp³-hybridized carbons (Fsp3) is 0. The molecule has 0 saturated heterocycles. The molecular formula is C27H17N2O2P. The molecule has 0 saturated carbocycles. The second kappa shape index (κ2) is 6.74. The van der Waals surface area contributed by atoms with Crippen LogP contribution in [0, 0.1) is 0 Å². The third-order valence-electron chi connectivity index (χ3n) is 5.99. The van der Waals surface area contributed by atoms with Crippen LogP contribution in [-0.4, -0.2) is 9.32 Å². The van der Waals surface area contributed by atoms with Crippen molar-refractivity contribution < 1.29 is 8.39 Å². The first-order valence-corrected chi connectivity index (χ1v) is 11.6. The van der Waals surface area contributed by atoms with Crippen LogP contribution in [0.15, 0.2) is 112 Å². The first kappa shape index (κ1) is 17.6. The molecule has 0 aliphatic rings. The lowest BCUT2D eigenvalue weighted by Gasteiger charge is -2.05. The zero-order valence-corrected chi connectivity index (χ0v) is 17.9. The summed E-state index contributed by atoms with van der Waals surface area (Å²) in [6.45, 7) is 0. The van der Waals surface area contributed by atoms with E-state index < -0.39 is 8.16 Å². The van der Waals surface area contributed by atoms with Gasteiger partial charge in [-0.05, 0) is 51.9 Å². The summed E-state index contributed by atoms with van der Waals surface area (Å²) < 4.78 is 15.2. The number of rotatable bonds is 1. The van der Waals surface area contributed by atoms with Crippen LogP contribution in [0.4, 0.5) is 0 Å². The maximum atomic E-state index is 6.61. The van der Waals surface area contributed by atoms with Crippen LogP contribution in [0.1, 0.15) is 0 Å². The zero-order chi connectivity index (χ0) is 21.1. The third kappa shape index (κ3) is 2.54. The normalized spacial score (nSPS) is 11.8. The first-order chi connectivity index (χ1) is 15.9. The second-order valence-electron chi connectivity index (χ2n) is 7.82. The molecule has 3 heterocycles. The van der Waals surface area contributed by atoms with Crippen molar-refractivity contribution in [1.82, 2.24) is 9.32 Å². The van der Waals surface area contributed by atoms with Gasteiger partial charge in [0, 0.05) is 28.6 Å². The number of pyridine rings is 1. The number of fused-ring (bicyclic) bond motifs is 8. The van der Waals surface area contributed by atoms with Gasteiger partial charge in [0.25, 0.3) is 0 Å². The van der Waals surface area contributed by atoms with Gasteiger partial charge in [-0.15, -0.1) is 0 Å². The van der Waals surface area contributed by atoms with E-state index in [1.807, 2.05) is 22.7 Å². The highest BCUT2D eigenvalue weighted by Gasteiger charge is 2.15. The van der Waals surface area contributed by atoms with Crippen molar-refractivity contribution in [2.75, 3.05) is 0 Å². The number of hydrogen-bond acceptors (Lipinski definition) is 3. The Labute approximate surface area is 183 Å². The van der Waals surface area contributed by atoms with E-state index in [4.69, 9.17) is 8.39 Å². The molecule has 4 aromatic carbocycles. The van der Waals surface area contributed by atoms with Crippen LogP contribution >= 0.6 is 8.16 Å². The Bertz CT molecular complexity index is 1750. The van der Waals surface area contributed by atoms with E-state index in [0.717, 1.165) is 43.7 Å². The lowest BCUT2D eigenvalue weighted by molar-refractivity contribution is 0.630. The third-order valence-corrected chi connectivity index (χ3v) is 7.37. The molecule has 0 N–H and O–H groups in total. The molecule has 0 radical (unpaired) electrons. The van der Waals surface area contributed by atoms with Gasteiger partial charge in [-0.25, -0.2) is 9.32 Å². The van der Waals surface area contributed by atoms with Crippen molar-refractivity contribution in [3.8, 4) is 0 Å². The number of benzene rings is 4. The Morgan fingerprint density at radius 3 is 1.84 bits per heavy atom. The fourth-order valence-electron chi connectivity index (χ4n) is 4.53. The molecule has 152 valence electrons. The van der Waals surface area contributed by atoms with Gasteiger partial charge in [-0.1, -0.05) is 60.7 Å². The van der Waals surface area contributed by atoms with E-state index in [2.05, 4.69) is 83.8 Å². The highest BCUT2D eigenvalue weighted by molar-refractivity contribution is 7.36. The van der Waals surface area contributed by atoms with Crippen molar-refractivity contribution in [2.24, 2.45) is 0 Å². The maximum Gasteiger partial charge on any atom is 0.347 e. The number of nitrogens with zero attached hydrogens (tertiary/aromatic N) is 2. The summed E-state index contributed by atoms with van der Waals surface area (Å²) in [6, 6.07) is 31.3. The quantitative estimate of drug-likeness (QED) is 0.262. The molecule has 0 atom stereocenters. The largest absolute Gasteiger partial charge is 0.403 e. The average molecular weight is 432 g/mol. The van der Waals surface area contributed by atoms with E-state index in [1.165, 1.54) is 10.8 Å². The summed E-state index contributed by atoms with van der Waals surface area (Å²) >= 11 is 0. The summed E-state index contributed by atoms with van der Waals surface area (Å²) in [7, 11) is -1.49. The highest BCUT2D eigenvalue weighted by atomic mass is 31.1. The molecular weight excluding hydrogens is 415 g/mol. The molecule has 0 fully saturated rings. The fourth-order valence-corrected chi connectivity index (χ4v) is 5.88. The maximum absolute atomic E-state index is 6.61. The molecule has 4 nitrogen and oxygen atoms in total. The SMILES string of the molecule is c1ccc2c(c1)ccc1op(-n3ccc4cccnc43)oc3ccc4ccccc4c3c12. The van der Waals surface area contributed by atoms with Crippen molar-refractivity contribution in [1.29, 1.82) is 0 Å². The number of aromatic nitrogens is 2. The van der Waals surface area contributed by atoms with Crippen LogP contribution in [0.5, 0.6) is 0 Å². The van der Waals surface area contributed by atoms with Crippen LogP contribution in [0.3, 0.4) is 0 Å². The van der Waals surface area contributed by atoms with Crippen LogP contribution < -0.4 is 0 Å². The monoisotopic (exact) mass is 432 g/mol. The van der Waals surface area contributed by atoms with Gasteiger partial charge >= 0.3 is 8.16 Å². The molecule has 3 aromatic heterocycles. The van der Waals surface area contributed by atoms with Crippen molar-refractivity contribution in [3.63, 3.8) is 0 Å². The molecule has 7 rings (SSSR count). The van der Waals surface area contributed by atoms with E-state index >= 15 is 0 Å². The molecule has 0 aliphatic carbocycles. The van der Waals surface area contributed by atoms with E-state index in [1.54, 1.807) is 6.20 Å². The molecule has 0 spiro atoms. The summed E-state index contributed by atoms with van der Waals surface area (Å²) in [5.41, 5.74) is 2.50. The van der Waals surface area contributed by atoms with Crippen molar-refractivity contribution in [2.45, 2.75) is 0 Å². The smallest absolute Gasteiger partial charge is 0.347 e. The minimum absolute atomic E-state index is 0.822. The molecule has 32 heavy (non-hydrogen) atoms. The lowest BCUT2D eigenvalue weighted by atomic mass is 9.99. The zero-order valence-electron chi connectivity index (χ0n) is 17.0. The van der Waals surface area contributed by atoms with Crippen LogP contribution in [-0.2, 0) is 0 Å². The van der Waals surface area contributed by atoms with Gasteiger partial charge < -0.3 is 8.39 Å². The molecule has 0 aliphatic heterocycles. The van der Waals surface area contributed by atoms with Gasteiger partial charge in [0.1, 0.15) is 11.2 Å². The molecule has 5 heteroatoms. The number of hydrogen-bond donors (Lipinski definition) is 0. The molecule has 0 unspecified atom stereocenters. The van der Waals surface area contributed by atoms with Crippen LogP contribution in [0.25, 0.3) is 54.5 Å². The van der Waals surface area contributed by atoms with E-state index in [9.17, 15) is 0 Å². The molecule has 7 aromatic rings. The Morgan fingerprint density at radius 1 is 0.594 bits per heavy atom. The minimum Gasteiger partial charge on any atom is -0.403 e. The van der Waals surface area contributed by atoms with E-state index in [0.29, 0.717) is 0 Å². The summed E-state index contributed by atoms with van der Waals surface area (Å²) in [4.78, 5) is 4.58. The summed E-state index contributed by atoms with van der Waals surface area (Å²) in [6.07, 6.45) is 3.80. The van der Waals surface area contributed by atoms with Gasteiger partial charge in [0.2, 0.25) is 0 Å². The van der Waals surface area contributed by atoms with Crippen molar-refractivity contribution >= 4 is 62.7 Å². The Hall–Kier alpha value is -4.01. The second-order valence-corrected chi connectivity index (χ2v) is 9.09. The standard InChI is InChI=1S/C27H17N2O2P/c1-3-9-21-18(6-1)11-13-23-25(21)26-22-10-4-2-7-19(22)12-14-24(26)31-32(30-23)29-17-15-20-8-5-16-28-27(20)29/h1-17H. The Kier molecular flexibility index (Phi) is 3.72. The molecule has 0 amide bonds. The van der Waals surface area contributed by atoms with Gasteiger partial charge in [-0.2, -0.15) is 0 Å². The highest BCUT2D eigenvalue weighted by Crippen LogP contribution is 2.42. The predicted molar refractivity (Wildman–Crippen MR) is 132 cm³/mol. The molecule has 0 bridgehead atoms. The van der Waals surface area contributed by atoms with Gasteiger partial charge in [0.15, 0.2) is 5.65 Å². The topological polar surface area (TPSA) is 44.1 Å². The Morgan fingerprint density at radius 2 is 1.19 bits per heavy atom. The van der Waals surface area contributed by atoms with E-state index in [-0.39, 0.29) is 0 Å². The lowest BCUT2D eigenvalue weighted by Crippen LogP contribution is -1.83. The predicted octanol–water partition coefficient (Wildman–Crippen LogP) is 8.26. The summed E-state index contributed by atoms with van der Waals surface area (Å²) in [5, 5.41) is 7.86. The van der Waals surface area contributed by atoms with Crippen molar-refractivity contribution in [3.05, 3.63) is 103 Å². The van der Waals surface area contributed by atoms with Gasteiger partial charge in [0.05, 0.1) is 0 Å². The first-order valence-electron chi connectivity index (χ1n) is 10.5. The average Bonchev–Trinajstić information content (AvgIpc) is 3.19. The van der Waals surface area contributed by atoms with Gasteiger partial charge in [-0.3, -0.25) is 0 Å².